The lowest BCUT2D eigenvalue weighted by Gasteiger charge is -2.26. The summed E-state index contributed by atoms with van der Waals surface area (Å²) in [6.45, 7) is 11.1. The molecule has 3 N–H and O–H groups in total. The Morgan fingerprint density at radius 2 is 1.70 bits per heavy atom. The number of carbonyl (C=O) groups excluding carboxylic acids is 1. The van der Waals surface area contributed by atoms with E-state index in [1.54, 1.807) is 7.05 Å². The lowest BCUT2D eigenvalue weighted by Crippen LogP contribution is -2.43. The summed E-state index contributed by atoms with van der Waals surface area (Å²) in [7, 11) is 1.76. The Balaban J connectivity index is 0. The number of guanidine groups is 1. The smallest absolute Gasteiger partial charge is 0.221 e. The van der Waals surface area contributed by atoms with Gasteiger partial charge >= 0.3 is 0 Å². The molecule has 0 saturated heterocycles. The van der Waals surface area contributed by atoms with Gasteiger partial charge in [0.25, 0.3) is 0 Å². The van der Waals surface area contributed by atoms with Gasteiger partial charge in [0.2, 0.25) is 5.91 Å². The number of amides is 1. The SMILES string of the molecule is CCCCCC(C)(C)CNC(=NC)NCCC(=O)NCCC.I. The van der Waals surface area contributed by atoms with E-state index < -0.39 is 0 Å². The highest BCUT2D eigenvalue weighted by Gasteiger charge is 2.17. The van der Waals surface area contributed by atoms with E-state index in [9.17, 15) is 4.79 Å². The summed E-state index contributed by atoms with van der Waals surface area (Å²) in [5, 5.41) is 9.43. The molecule has 1 amide bonds. The fraction of sp³-hybridized carbons (Fsp3) is 0.882. The van der Waals surface area contributed by atoms with Crippen molar-refractivity contribution in [3.63, 3.8) is 0 Å². The highest BCUT2D eigenvalue weighted by atomic mass is 127. The first kappa shape index (κ1) is 24.7. The summed E-state index contributed by atoms with van der Waals surface area (Å²) in [6, 6.07) is 0. The molecule has 0 aliphatic rings. The third-order valence-corrected chi connectivity index (χ3v) is 3.63. The van der Waals surface area contributed by atoms with Crippen LogP contribution in [-0.4, -0.2) is 38.5 Å². The van der Waals surface area contributed by atoms with Gasteiger partial charge in [-0.05, 0) is 18.3 Å². The number of unbranched alkanes of at least 4 members (excludes halogenated alkanes) is 2. The van der Waals surface area contributed by atoms with E-state index in [1.807, 2.05) is 6.92 Å². The van der Waals surface area contributed by atoms with Gasteiger partial charge in [0, 0.05) is 33.1 Å². The van der Waals surface area contributed by atoms with Crippen molar-refractivity contribution in [2.75, 3.05) is 26.7 Å². The van der Waals surface area contributed by atoms with Crippen molar-refractivity contribution >= 4 is 35.8 Å². The Kier molecular flexibility index (Phi) is 16.1. The van der Waals surface area contributed by atoms with Gasteiger partial charge in [0.05, 0.1) is 0 Å². The molecule has 6 heteroatoms. The molecule has 0 spiro atoms. The van der Waals surface area contributed by atoms with Crippen LogP contribution < -0.4 is 16.0 Å². The van der Waals surface area contributed by atoms with Gasteiger partial charge in [0.15, 0.2) is 5.96 Å². The summed E-state index contributed by atoms with van der Waals surface area (Å²) in [4.78, 5) is 15.7. The summed E-state index contributed by atoms with van der Waals surface area (Å²) in [6.07, 6.45) is 6.48. The quantitative estimate of drug-likeness (QED) is 0.200. The van der Waals surface area contributed by atoms with Crippen LogP contribution in [0.3, 0.4) is 0 Å². The zero-order chi connectivity index (χ0) is 16.8. The number of nitrogens with zero attached hydrogens (tertiary/aromatic N) is 1. The molecule has 0 heterocycles. The lowest BCUT2D eigenvalue weighted by atomic mass is 9.87. The van der Waals surface area contributed by atoms with E-state index in [2.05, 4.69) is 41.7 Å². The van der Waals surface area contributed by atoms with Crippen LogP contribution in [0.5, 0.6) is 0 Å². The highest BCUT2D eigenvalue weighted by molar-refractivity contribution is 14.0. The van der Waals surface area contributed by atoms with Gasteiger partial charge < -0.3 is 16.0 Å². The topological polar surface area (TPSA) is 65.5 Å². The molecule has 0 aromatic rings. The second-order valence-electron chi connectivity index (χ2n) is 6.57. The van der Waals surface area contributed by atoms with E-state index in [0.717, 1.165) is 25.5 Å². The maximum Gasteiger partial charge on any atom is 0.221 e. The number of aliphatic imine (C=N–C) groups is 1. The Morgan fingerprint density at radius 1 is 1.00 bits per heavy atom. The molecule has 0 saturated carbocycles. The number of nitrogens with one attached hydrogen (secondary N) is 3. The maximum absolute atomic E-state index is 11.5. The van der Waals surface area contributed by atoms with Crippen molar-refractivity contribution in [3.8, 4) is 0 Å². The normalized spacial score (nSPS) is 11.6. The Labute approximate surface area is 159 Å². The Morgan fingerprint density at radius 3 is 2.26 bits per heavy atom. The molecule has 0 radical (unpaired) electrons. The predicted octanol–water partition coefficient (Wildman–Crippen LogP) is 3.29. The van der Waals surface area contributed by atoms with E-state index >= 15 is 0 Å². The molecule has 138 valence electrons. The second kappa shape index (κ2) is 15.0. The van der Waals surface area contributed by atoms with Gasteiger partial charge in [-0.1, -0.05) is 47.0 Å². The number of carbonyl (C=O) groups is 1. The van der Waals surface area contributed by atoms with Crippen LogP contribution in [0, 0.1) is 5.41 Å². The molecule has 0 aromatic carbocycles. The molecule has 23 heavy (non-hydrogen) atoms. The Hall–Kier alpha value is -0.530. The first-order chi connectivity index (χ1) is 10.4. The predicted molar refractivity (Wildman–Crippen MR) is 111 cm³/mol. The van der Waals surface area contributed by atoms with Crippen LogP contribution in [-0.2, 0) is 4.79 Å². The van der Waals surface area contributed by atoms with E-state index in [1.165, 1.54) is 25.7 Å². The minimum Gasteiger partial charge on any atom is -0.356 e. The van der Waals surface area contributed by atoms with Crippen molar-refractivity contribution in [2.45, 2.75) is 66.2 Å². The van der Waals surface area contributed by atoms with Crippen LogP contribution in [0.4, 0.5) is 0 Å². The van der Waals surface area contributed by atoms with Crippen molar-refractivity contribution in [1.82, 2.24) is 16.0 Å². The average Bonchev–Trinajstić information content (AvgIpc) is 2.48. The highest BCUT2D eigenvalue weighted by Crippen LogP contribution is 2.22. The molecule has 5 nitrogen and oxygen atoms in total. The molecule has 0 aliphatic carbocycles. The largest absolute Gasteiger partial charge is 0.356 e. The number of rotatable bonds is 11. The number of hydrogen-bond donors (Lipinski definition) is 3. The molecule has 0 atom stereocenters. The summed E-state index contributed by atoms with van der Waals surface area (Å²) < 4.78 is 0. The fourth-order valence-corrected chi connectivity index (χ4v) is 2.13. The van der Waals surface area contributed by atoms with Crippen molar-refractivity contribution in [3.05, 3.63) is 0 Å². The van der Waals surface area contributed by atoms with Gasteiger partial charge in [-0.2, -0.15) is 0 Å². The molecule has 0 fully saturated rings. The first-order valence-corrected chi connectivity index (χ1v) is 8.66. The van der Waals surface area contributed by atoms with Crippen LogP contribution in [0.2, 0.25) is 0 Å². The zero-order valence-corrected chi connectivity index (χ0v) is 18.0. The van der Waals surface area contributed by atoms with Crippen molar-refractivity contribution in [2.24, 2.45) is 10.4 Å². The first-order valence-electron chi connectivity index (χ1n) is 8.66. The molecule has 0 unspecified atom stereocenters. The standard InChI is InChI=1S/C17H36N4O.HI/c1-6-8-9-11-17(3,4)14-21-16(18-5)20-13-10-15(22)19-12-7-2;/h6-14H2,1-5H3,(H,19,22)(H2,18,20,21);1H. The zero-order valence-electron chi connectivity index (χ0n) is 15.6. The summed E-state index contributed by atoms with van der Waals surface area (Å²) in [5.41, 5.74) is 0.255. The molecular formula is C17H37IN4O. The van der Waals surface area contributed by atoms with Crippen molar-refractivity contribution < 1.29 is 4.79 Å². The fourth-order valence-electron chi connectivity index (χ4n) is 2.13. The third-order valence-electron chi connectivity index (χ3n) is 3.63. The van der Waals surface area contributed by atoms with Gasteiger partial charge in [0.1, 0.15) is 0 Å². The number of hydrogen-bond acceptors (Lipinski definition) is 2. The lowest BCUT2D eigenvalue weighted by molar-refractivity contribution is -0.120. The average molecular weight is 440 g/mol. The minimum absolute atomic E-state index is 0. The van der Waals surface area contributed by atoms with Crippen LogP contribution >= 0.6 is 24.0 Å². The third kappa shape index (κ3) is 14.8. The molecule has 0 rings (SSSR count). The van der Waals surface area contributed by atoms with E-state index in [-0.39, 0.29) is 35.3 Å². The second-order valence-corrected chi connectivity index (χ2v) is 6.57. The van der Waals surface area contributed by atoms with Gasteiger partial charge in [-0.25, -0.2) is 0 Å². The minimum atomic E-state index is 0. The number of halogens is 1. The van der Waals surface area contributed by atoms with Crippen LogP contribution in [0.25, 0.3) is 0 Å². The summed E-state index contributed by atoms with van der Waals surface area (Å²) in [5.74, 6) is 0.858. The molecule has 0 bridgehead atoms. The monoisotopic (exact) mass is 440 g/mol. The van der Waals surface area contributed by atoms with Gasteiger partial charge in [-0.3, -0.25) is 9.79 Å². The van der Waals surface area contributed by atoms with E-state index in [0.29, 0.717) is 13.0 Å². The maximum atomic E-state index is 11.5. The van der Waals surface area contributed by atoms with Crippen LogP contribution in [0.1, 0.15) is 66.2 Å². The molecule has 0 aromatic heterocycles. The van der Waals surface area contributed by atoms with E-state index in [4.69, 9.17) is 0 Å². The summed E-state index contributed by atoms with van der Waals surface area (Å²) >= 11 is 0. The molecular weight excluding hydrogens is 403 g/mol. The Bertz CT molecular complexity index is 333. The van der Waals surface area contributed by atoms with Gasteiger partial charge in [-0.15, -0.1) is 24.0 Å². The molecule has 0 aliphatic heterocycles. The van der Waals surface area contributed by atoms with Crippen LogP contribution in [0.15, 0.2) is 4.99 Å². The van der Waals surface area contributed by atoms with Crippen molar-refractivity contribution in [1.29, 1.82) is 0 Å².